The molecular formula is C24H30BrNO. The van der Waals surface area contributed by atoms with E-state index in [-0.39, 0.29) is 17.0 Å². The highest BCUT2D eigenvalue weighted by Gasteiger charge is 2.30. The lowest BCUT2D eigenvalue weighted by Crippen LogP contribution is -2.40. The Kier molecular flexibility index (Phi) is 7.14. The number of methoxy groups -OCH3 is 1. The molecule has 0 aromatic heterocycles. The average molecular weight is 428 g/mol. The summed E-state index contributed by atoms with van der Waals surface area (Å²) in [5, 5.41) is 3.98. The fraction of sp³-hybridized carbons (Fsp3) is 0.417. The lowest BCUT2D eigenvalue weighted by molar-refractivity contribution is 0.382. The second-order valence-electron chi connectivity index (χ2n) is 7.61. The Labute approximate surface area is 173 Å². The van der Waals surface area contributed by atoms with Crippen molar-refractivity contribution in [1.82, 2.24) is 5.32 Å². The van der Waals surface area contributed by atoms with Gasteiger partial charge in [0, 0.05) is 12.1 Å². The largest absolute Gasteiger partial charge is 0.497 e. The molecule has 0 saturated carbocycles. The molecular weight excluding hydrogens is 398 g/mol. The Morgan fingerprint density at radius 2 is 1.81 bits per heavy atom. The molecule has 3 heteroatoms. The third kappa shape index (κ3) is 4.83. The first-order valence-electron chi connectivity index (χ1n) is 9.98. The summed E-state index contributed by atoms with van der Waals surface area (Å²) in [6.45, 7) is 0. The van der Waals surface area contributed by atoms with E-state index in [1.807, 2.05) is 6.07 Å². The van der Waals surface area contributed by atoms with Gasteiger partial charge in [0.1, 0.15) is 5.75 Å². The number of aryl methyl sites for hydroxylation is 1. The Bertz CT molecular complexity index is 771. The Morgan fingerprint density at radius 1 is 1.00 bits per heavy atom. The second kappa shape index (κ2) is 9.57. The van der Waals surface area contributed by atoms with Gasteiger partial charge in [-0.1, -0.05) is 53.6 Å². The molecule has 2 aromatic rings. The minimum Gasteiger partial charge on any atom is -0.497 e. The van der Waals surface area contributed by atoms with Crippen LogP contribution in [-0.2, 0) is 6.42 Å². The van der Waals surface area contributed by atoms with Crippen LogP contribution in [0.3, 0.4) is 0 Å². The van der Waals surface area contributed by atoms with E-state index in [9.17, 15) is 0 Å². The van der Waals surface area contributed by atoms with E-state index in [1.54, 1.807) is 18.3 Å². The van der Waals surface area contributed by atoms with Gasteiger partial charge in [-0.25, -0.2) is 0 Å². The van der Waals surface area contributed by atoms with E-state index in [0.29, 0.717) is 12.1 Å². The highest BCUT2D eigenvalue weighted by atomic mass is 79.9. The van der Waals surface area contributed by atoms with E-state index < -0.39 is 0 Å². The van der Waals surface area contributed by atoms with Gasteiger partial charge in [0.25, 0.3) is 0 Å². The maximum absolute atomic E-state index is 5.44. The van der Waals surface area contributed by atoms with Crippen LogP contribution in [0, 0.1) is 0 Å². The number of benzene rings is 2. The normalized spacial score (nSPS) is 22.0. The van der Waals surface area contributed by atoms with Crippen molar-refractivity contribution in [1.29, 1.82) is 0 Å². The van der Waals surface area contributed by atoms with Crippen LogP contribution >= 0.6 is 17.0 Å². The molecule has 2 nitrogen and oxygen atoms in total. The molecule has 0 saturated heterocycles. The van der Waals surface area contributed by atoms with Crippen molar-refractivity contribution >= 4 is 17.0 Å². The van der Waals surface area contributed by atoms with E-state index in [2.05, 4.69) is 53.8 Å². The van der Waals surface area contributed by atoms with E-state index >= 15 is 0 Å². The van der Waals surface area contributed by atoms with Gasteiger partial charge >= 0.3 is 0 Å². The number of ether oxygens (including phenoxy) is 1. The van der Waals surface area contributed by atoms with Gasteiger partial charge < -0.3 is 10.1 Å². The Balaban J connectivity index is 0.00000210. The summed E-state index contributed by atoms with van der Waals surface area (Å²) < 4.78 is 5.44. The highest BCUT2D eigenvalue weighted by Crippen LogP contribution is 2.39. The maximum Gasteiger partial charge on any atom is 0.119 e. The summed E-state index contributed by atoms with van der Waals surface area (Å²) in [6.07, 6.45) is 8.76. The van der Waals surface area contributed by atoms with Gasteiger partial charge in [-0.2, -0.15) is 0 Å². The summed E-state index contributed by atoms with van der Waals surface area (Å²) in [5.74, 6) is 0.952. The van der Waals surface area contributed by atoms with Crippen molar-refractivity contribution in [2.45, 2.75) is 57.0 Å². The van der Waals surface area contributed by atoms with E-state index in [1.165, 1.54) is 43.2 Å². The Hall–Kier alpha value is -1.58. The third-order valence-electron chi connectivity index (χ3n) is 5.96. The number of rotatable bonds is 5. The minimum absolute atomic E-state index is 0. The van der Waals surface area contributed by atoms with Crippen LogP contribution in [0.1, 0.15) is 55.7 Å². The molecule has 0 fully saturated rings. The zero-order valence-corrected chi connectivity index (χ0v) is 17.8. The van der Waals surface area contributed by atoms with Crippen molar-refractivity contribution in [2.24, 2.45) is 0 Å². The SMILES string of the molecule is Br.COc1cccc([C@@H]2CC3=C(CCCC3)[C@@H](CCc3ccccc3)N2)c1. The number of nitrogens with one attached hydrogen (secondary N) is 1. The average Bonchev–Trinajstić information content (AvgIpc) is 2.72. The van der Waals surface area contributed by atoms with Gasteiger partial charge in [-0.05, 0) is 68.2 Å². The van der Waals surface area contributed by atoms with Gasteiger partial charge in [-0.3, -0.25) is 0 Å². The topological polar surface area (TPSA) is 21.3 Å². The predicted octanol–water partition coefficient (Wildman–Crippen LogP) is 6.18. The number of hydrogen-bond donors (Lipinski definition) is 1. The molecule has 27 heavy (non-hydrogen) atoms. The number of halogens is 1. The summed E-state index contributed by atoms with van der Waals surface area (Å²) in [5.41, 5.74) is 6.23. The molecule has 0 spiro atoms. The Morgan fingerprint density at radius 3 is 2.63 bits per heavy atom. The van der Waals surface area contributed by atoms with E-state index in [0.717, 1.165) is 18.6 Å². The molecule has 2 aromatic carbocycles. The fourth-order valence-electron chi connectivity index (χ4n) is 4.58. The smallest absolute Gasteiger partial charge is 0.119 e. The second-order valence-corrected chi connectivity index (χ2v) is 7.61. The van der Waals surface area contributed by atoms with Gasteiger partial charge in [-0.15, -0.1) is 17.0 Å². The molecule has 1 aliphatic carbocycles. The summed E-state index contributed by atoms with van der Waals surface area (Å²) in [6, 6.07) is 20.4. The maximum atomic E-state index is 5.44. The van der Waals surface area contributed by atoms with Crippen LogP contribution in [0.5, 0.6) is 5.75 Å². The first-order valence-corrected chi connectivity index (χ1v) is 9.98. The zero-order valence-electron chi connectivity index (χ0n) is 16.1. The van der Waals surface area contributed by atoms with Crippen LogP contribution in [0.4, 0.5) is 0 Å². The molecule has 1 N–H and O–H groups in total. The molecule has 4 rings (SSSR count). The minimum atomic E-state index is 0. The quantitative estimate of drug-likeness (QED) is 0.575. The van der Waals surface area contributed by atoms with Crippen molar-refractivity contribution in [3.05, 3.63) is 76.9 Å². The molecule has 0 unspecified atom stereocenters. The monoisotopic (exact) mass is 427 g/mol. The van der Waals surface area contributed by atoms with E-state index in [4.69, 9.17) is 4.74 Å². The molecule has 2 aliphatic rings. The first kappa shape index (κ1) is 20.2. The lowest BCUT2D eigenvalue weighted by Gasteiger charge is -2.38. The van der Waals surface area contributed by atoms with Gasteiger partial charge in [0.05, 0.1) is 7.11 Å². The van der Waals surface area contributed by atoms with Crippen molar-refractivity contribution in [3.63, 3.8) is 0 Å². The highest BCUT2D eigenvalue weighted by molar-refractivity contribution is 8.93. The lowest BCUT2D eigenvalue weighted by atomic mass is 9.78. The van der Waals surface area contributed by atoms with Gasteiger partial charge in [0.2, 0.25) is 0 Å². The summed E-state index contributed by atoms with van der Waals surface area (Å²) >= 11 is 0. The molecule has 0 radical (unpaired) electrons. The molecule has 0 amide bonds. The molecule has 1 heterocycles. The fourth-order valence-corrected chi connectivity index (χ4v) is 4.58. The van der Waals surface area contributed by atoms with Crippen molar-refractivity contribution in [2.75, 3.05) is 7.11 Å². The van der Waals surface area contributed by atoms with Crippen LogP contribution in [0.25, 0.3) is 0 Å². The molecule has 0 bridgehead atoms. The third-order valence-corrected chi connectivity index (χ3v) is 5.96. The summed E-state index contributed by atoms with van der Waals surface area (Å²) in [4.78, 5) is 0. The van der Waals surface area contributed by atoms with Crippen LogP contribution < -0.4 is 10.1 Å². The van der Waals surface area contributed by atoms with Crippen LogP contribution in [-0.4, -0.2) is 13.2 Å². The first-order chi connectivity index (χ1) is 12.8. The zero-order chi connectivity index (χ0) is 17.8. The molecule has 1 aliphatic heterocycles. The van der Waals surface area contributed by atoms with Crippen LogP contribution in [0.2, 0.25) is 0 Å². The predicted molar refractivity (Wildman–Crippen MR) is 118 cm³/mol. The van der Waals surface area contributed by atoms with Gasteiger partial charge in [0.15, 0.2) is 0 Å². The summed E-state index contributed by atoms with van der Waals surface area (Å²) in [7, 11) is 1.75. The molecule has 144 valence electrons. The number of hydrogen-bond acceptors (Lipinski definition) is 2. The standard InChI is InChI=1S/C24H29NO.BrH/c1-26-21-12-7-11-20(16-21)24-17-19-10-5-6-13-22(19)23(25-24)15-14-18-8-3-2-4-9-18;/h2-4,7-9,11-12,16,23-25H,5-6,10,13-15,17H2,1H3;1H/t23-,24+;/m1./s1. The molecule has 2 atom stereocenters. The van der Waals surface area contributed by atoms with Crippen molar-refractivity contribution < 1.29 is 4.74 Å². The van der Waals surface area contributed by atoms with Crippen LogP contribution in [0.15, 0.2) is 65.7 Å². The van der Waals surface area contributed by atoms with Crippen molar-refractivity contribution in [3.8, 4) is 5.75 Å².